The highest BCUT2D eigenvalue weighted by molar-refractivity contribution is 5.97. The molecule has 0 spiro atoms. The van der Waals surface area contributed by atoms with E-state index in [1.807, 2.05) is 24.3 Å². The number of nitrogens with one attached hydrogen (secondary N) is 4. The summed E-state index contributed by atoms with van der Waals surface area (Å²) in [5, 5.41) is 28.2. The fourth-order valence-electron chi connectivity index (χ4n) is 3.23. The van der Waals surface area contributed by atoms with Crippen molar-refractivity contribution in [2.45, 2.75) is 44.6 Å². The first-order chi connectivity index (χ1) is 17.6. The fraction of sp³-hybridized carbons (Fsp3) is 0.375. The van der Waals surface area contributed by atoms with E-state index in [-0.39, 0.29) is 45.2 Å². The van der Waals surface area contributed by atoms with Crippen molar-refractivity contribution >= 4 is 52.2 Å². The van der Waals surface area contributed by atoms with Crippen LogP contribution < -0.4 is 21.3 Å². The minimum atomic E-state index is -1.17. The summed E-state index contributed by atoms with van der Waals surface area (Å²) in [5.41, 5.74) is 1.20. The van der Waals surface area contributed by atoms with Crippen LogP contribution >= 0.6 is 0 Å². The van der Waals surface area contributed by atoms with E-state index in [1.54, 1.807) is 6.07 Å². The van der Waals surface area contributed by atoms with Crippen LogP contribution in [0.3, 0.4) is 0 Å². The van der Waals surface area contributed by atoms with Gasteiger partial charge in [0.15, 0.2) is 0 Å². The Hall–Kier alpha value is -4.55. The van der Waals surface area contributed by atoms with Gasteiger partial charge >= 0.3 is 11.9 Å². The monoisotopic (exact) mass is 515 g/mol. The summed E-state index contributed by atoms with van der Waals surface area (Å²) in [4.78, 5) is 74.2. The Morgan fingerprint density at radius 2 is 1.51 bits per heavy atom. The Kier molecular flexibility index (Phi) is 11.4. The van der Waals surface area contributed by atoms with Gasteiger partial charge in [0.25, 0.3) is 0 Å². The van der Waals surface area contributed by atoms with Gasteiger partial charge in [0.1, 0.15) is 6.04 Å². The topological polar surface area (TPSA) is 204 Å². The number of aliphatic carboxylic acids is 2. The van der Waals surface area contributed by atoms with Crippen LogP contribution in [0.15, 0.2) is 36.5 Å². The number of rotatable bonds is 15. The summed E-state index contributed by atoms with van der Waals surface area (Å²) in [6.45, 7) is -0.262. The highest BCUT2D eigenvalue weighted by atomic mass is 16.4. The average Bonchev–Trinajstić information content (AvgIpc) is 2.86. The van der Waals surface area contributed by atoms with Gasteiger partial charge in [-0.2, -0.15) is 0 Å². The maximum Gasteiger partial charge on any atom is 0.303 e. The van der Waals surface area contributed by atoms with Crippen molar-refractivity contribution in [2.24, 2.45) is 0 Å². The molecule has 37 heavy (non-hydrogen) atoms. The molecular formula is C24H29N5O8. The smallest absolute Gasteiger partial charge is 0.303 e. The summed E-state index contributed by atoms with van der Waals surface area (Å²) in [7, 11) is 0. The van der Waals surface area contributed by atoms with E-state index < -0.39 is 48.0 Å². The molecule has 13 heteroatoms. The quantitative estimate of drug-likeness (QED) is 0.181. The van der Waals surface area contributed by atoms with Crippen molar-refractivity contribution in [3.8, 4) is 0 Å². The molecule has 0 saturated heterocycles. The maximum absolute atomic E-state index is 12.7. The van der Waals surface area contributed by atoms with Crippen LogP contribution in [-0.2, 0) is 28.8 Å². The number of anilines is 1. The molecule has 1 atom stereocenters. The molecule has 0 aliphatic heterocycles. The van der Waals surface area contributed by atoms with Crippen molar-refractivity contribution in [3.05, 3.63) is 36.5 Å². The standard InChI is InChI=1S/C24H29N5O8/c30-19(7-9-22(33)34)25-11-3-6-18(29-20(31)8-10-23(35)36)24(37)27-14-21(32)28-16-12-15-4-1-2-5-17(15)26-13-16/h1-2,4-5,12-13,18H,3,6-11,14H2,(H,25,30)(H,27,37)(H,28,32)(H,29,31)(H,33,34)(H,35,36)/t18-/m0/s1. The lowest BCUT2D eigenvalue weighted by Crippen LogP contribution is -2.48. The van der Waals surface area contributed by atoms with Crippen molar-refractivity contribution in [3.63, 3.8) is 0 Å². The van der Waals surface area contributed by atoms with E-state index in [1.165, 1.54) is 6.20 Å². The van der Waals surface area contributed by atoms with Crippen molar-refractivity contribution in [1.29, 1.82) is 0 Å². The second-order valence-corrected chi connectivity index (χ2v) is 8.08. The van der Waals surface area contributed by atoms with Crippen LogP contribution in [0, 0.1) is 0 Å². The Balaban J connectivity index is 1.87. The molecule has 2 aromatic rings. The Bertz CT molecular complexity index is 1150. The van der Waals surface area contributed by atoms with Gasteiger partial charge in [-0.1, -0.05) is 18.2 Å². The Morgan fingerprint density at radius 1 is 0.838 bits per heavy atom. The Labute approximate surface area is 212 Å². The van der Waals surface area contributed by atoms with Gasteiger partial charge in [-0.05, 0) is 25.0 Å². The predicted molar refractivity (Wildman–Crippen MR) is 131 cm³/mol. The van der Waals surface area contributed by atoms with E-state index in [0.717, 1.165) is 10.9 Å². The second kappa shape index (κ2) is 14.8. The molecule has 0 aliphatic rings. The molecule has 0 radical (unpaired) electrons. The molecule has 0 aliphatic carbocycles. The highest BCUT2D eigenvalue weighted by Gasteiger charge is 2.21. The number of benzene rings is 1. The number of carboxylic acids is 2. The molecule has 4 amide bonds. The van der Waals surface area contributed by atoms with Crippen LogP contribution in [0.1, 0.15) is 38.5 Å². The fourth-order valence-corrected chi connectivity index (χ4v) is 3.23. The molecule has 0 fully saturated rings. The molecular weight excluding hydrogens is 486 g/mol. The molecule has 6 N–H and O–H groups in total. The lowest BCUT2D eigenvalue weighted by Gasteiger charge is -2.18. The van der Waals surface area contributed by atoms with E-state index in [2.05, 4.69) is 26.3 Å². The third-order valence-electron chi connectivity index (χ3n) is 5.07. The first-order valence-electron chi connectivity index (χ1n) is 11.6. The van der Waals surface area contributed by atoms with Crippen LogP contribution in [0.5, 0.6) is 0 Å². The zero-order valence-electron chi connectivity index (χ0n) is 20.0. The zero-order chi connectivity index (χ0) is 27.2. The minimum absolute atomic E-state index is 0.0834. The van der Waals surface area contributed by atoms with E-state index >= 15 is 0 Å². The van der Waals surface area contributed by atoms with Crippen molar-refractivity contribution in [2.75, 3.05) is 18.4 Å². The predicted octanol–water partition coefficient (Wildman–Crippen LogP) is 0.400. The number of fused-ring (bicyclic) bond motifs is 1. The lowest BCUT2D eigenvalue weighted by molar-refractivity contribution is -0.139. The Morgan fingerprint density at radius 3 is 2.22 bits per heavy atom. The number of pyridine rings is 1. The lowest BCUT2D eigenvalue weighted by atomic mass is 10.1. The van der Waals surface area contributed by atoms with Gasteiger partial charge < -0.3 is 31.5 Å². The third-order valence-corrected chi connectivity index (χ3v) is 5.07. The van der Waals surface area contributed by atoms with E-state index in [9.17, 15) is 28.8 Å². The number of para-hydroxylation sites is 1. The molecule has 2 rings (SSSR count). The molecule has 1 aromatic heterocycles. The molecule has 0 saturated carbocycles. The maximum atomic E-state index is 12.7. The van der Waals surface area contributed by atoms with Gasteiger partial charge in [-0.15, -0.1) is 0 Å². The largest absolute Gasteiger partial charge is 0.481 e. The number of carbonyl (C=O) groups is 6. The van der Waals surface area contributed by atoms with E-state index in [0.29, 0.717) is 5.69 Å². The van der Waals surface area contributed by atoms with Gasteiger partial charge in [0.2, 0.25) is 23.6 Å². The summed E-state index contributed by atoms with van der Waals surface area (Å²) < 4.78 is 0. The van der Waals surface area contributed by atoms with Gasteiger partial charge in [0.05, 0.1) is 36.8 Å². The molecule has 0 bridgehead atoms. The summed E-state index contributed by atoms with van der Waals surface area (Å²) in [5.74, 6) is -4.56. The number of amides is 4. The first kappa shape index (κ1) is 28.7. The summed E-state index contributed by atoms with van der Waals surface area (Å²) in [6.07, 6.45) is 0.576. The number of hydrogen-bond donors (Lipinski definition) is 6. The highest BCUT2D eigenvalue weighted by Crippen LogP contribution is 2.15. The molecule has 13 nitrogen and oxygen atoms in total. The molecule has 0 unspecified atom stereocenters. The molecule has 198 valence electrons. The SMILES string of the molecule is O=C(O)CCC(=O)NCCC[C@H](NC(=O)CCC(=O)O)C(=O)NCC(=O)Nc1cnc2ccccc2c1. The first-order valence-corrected chi connectivity index (χ1v) is 11.6. The average molecular weight is 516 g/mol. The normalized spacial score (nSPS) is 11.2. The van der Waals surface area contributed by atoms with Crippen LogP contribution in [0.2, 0.25) is 0 Å². The third kappa shape index (κ3) is 11.2. The number of aromatic nitrogens is 1. The van der Waals surface area contributed by atoms with Gasteiger partial charge in [0, 0.05) is 24.8 Å². The minimum Gasteiger partial charge on any atom is -0.481 e. The van der Waals surface area contributed by atoms with Crippen LogP contribution in [0.4, 0.5) is 5.69 Å². The second-order valence-electron chi connectivity index (χ2n) is 8.08. The van der Waals surface area contributed by atoms with Gasteiger partial charge in [-0.3, -0.25) is 33.8 Å². The van der Waals surface area contributed by atoms with Gasteiger partial charge in [-0.25, -0.2) is 0 Å². The molecule has 1 aromatic carbocycles. The number of carbonyl (C=O) groups excluding carboxylic acids is 4. The van der Waals surface area contributed by atoms with Crippen LogP contribution in [0.25, 0.3) is 10.9 Å². The van der Waals surface area contributed by atoms with E-state index in [4.69, 9.17) is 10.2 Å². The van der Waals surface area contributed by atoms with Crippen molar-refractivity contribution in [1.82, 2.24) is 20.9 Å². The number of carboxylic acid groups (broad SMARTS) is 2. The zero-order valence-corrected chi connectivity index (χ0v) is 20.0. The molecule has 1 heterocycles. The number of nitrogens with zero attached hydrogens (tertiary/aromatic N) is 1. The number of hydrogen-bond acceptors (Lipinski definition) is 7. The summed E-state index contributed by atoms with van der Waals surface area (Å²) >= 11 is 0. The van der Waals surface area contributed by atoms with Crippen molar-refractivity contribution < 1.29 is 39.0 Å². The van der Waals surface area contributed by atoms with Crippen LogP contribution in [-0.4, -0.2) is 69.9 Å². The summed E-state index contributed by atoms with van der Waals surface area (Å²) in [6, 6.07) is 8.00.